The number of guanidine groups is 1. The van der Waals surface area contributed by atoms with E-state index in [0.717, 1.165) is 16.8 Å². The number of nitrogens with zero attached hydrogens (tertiary/aromatic N) is 2. The average molecular weight is 519 g/mol. The second kappa shape index (κ2) is 12.0. The minimum Gasteiger partial charge on any atom is -0.444 e. The molecule has 0 saturated heterocycles. The van der Waals surface area contributed by atoms with Crippen LogP contribution >= 0.6 is 24.0 Å². The summed E-state index contributed by atoms with van der Waals surface area (Å²) in [4.78, 5) is 20.7. The van der Waals surface area contributed by atoms with E-state index in [1.807, 2.05) is 55.5 Å². The summed E-state index contributed by atoms with van der Waals surface area (Å²) in [6.45, 7) is 3.53. The lowest BCUT2D eigenvalue weighted by Crippen LogP contribution is -2.36. The highest BCUT2D eigenvalue weighted by Gasteiger charge is 2.08. The minimum absolute atomic E-state index is 0. The lowest BCUT2D eigenvalue weighted by atomic mass is 10.1. The van der Waals surface area contributed by atoms with Gasteiger partial charge in [0.25, 0.3) is 5.91 Å². The first-order valence-electron chi connectivity index (χ1n) is 9.51. The molecule has 0 aliphatic rings. The van der Waals surface area contributed by atoms with Crippen molar-refractivity contribution in [3.05, 3.63) is 77.7 Å². The first-order chi connectivity index (χ1) is 14.2. The monoisotopic (exact) mass is 519 g/mol. The lowest BCUT2D eigenvalue weighted by molar-refractivity contribution is 0.0955. The third kappa shape index (κ3) is 6.58. The Kier molecular flexibility index (Phi) is 9.33. The number of hydrogen-bond acceptors (Lipinski definition) is 4. The van der Waals surface area contributed by atoms with Crippen LogP contribution in [0.4, 0.5) is 0 Å². The number of oxazole rings is 1. The van der Waals surface area contributed by atoms with Crippen LogP contribution in [0.5, 0.6) is 0 Å². The Hall–Kier alpha value is -2.88. The maximum absolute atomic E-state index is 12.0. The summed E-state index contributed by atoms with van der Waals surface area (Å²) in [6.07, 6.45) is 1.64. The Morgan fingerprint density at radius 1 is 1.03 bits per heavy atom. The summed E-state index contributed by atoms with van der Waals surface area (Å²) in [5, 5.41) is 9.26. The van der Waals surface area contributed by atoms with Crippen LogP contribution in [0, 0.1) is 0 Å². The highest BCUT2D eigenvalue weighted by atomic mass is 127. The molecule has 1 heterocycles. The number of hydrogen-bond donors (Lipinski definition) is 3. The average Bonchev–Trinajstić information content (AvgIpc) is 3.24. The van der Waals surface area contributed by atoms with Gasteiger partial charge in [0.15, 0.2) is 5.96 Å². The number of rotatable bonds is 7. The highest BCUT2D eigenvalue weighted by molar-refractivity contribution is 14.0. The standard InChI is InChI=1S/C22H25N5O2.HI/c1-3-24-20(28)18-11-7-8-16(12-18)13-25-22(23-2)26-14-19-15-29-21(27-19)17-9-5-4-6-10-17;/h4-12,15H,3,13-14H2,1-2H3,(H,24,28)(H2,23,25,26);1H. The van der Waals surface area contributed by atoms with E-state index in [9.17, 15) is 4.79 Å². The van der Waals surface area contributed by atoms with Gasteiger partial charge in [-0.2, -0.15) is 0 Å². The van der Waals surface area contributed by atoms with Crippen LogP contribution in [0.1, 0.15) is 28.5 Å². The van der Waals surface area contributed by atoms with Crippen LogP contribution in [-0.4, -0.2) is 30.4 Å². The van der Waals surface area contributed by atoms with Gasteiger partial charge >= 0.3 is 0 Å². The molecule has 0 unspecified atom stereocenters. The molecule has 1 amide bonds. The van der Waals surface area contributed by atoms with Crippen molar-refractivity contribution in [1.82, 2.24) is 20.9 Å². The van der Waals surface area contributed by atoms with Crippen LogP contribution in [-0.2, 0) is 13.1 Å². The third-order valence-corrected chi connectivity index (χ3v) is 4.22. The predicted molar refractivity (Wildman–Crippen MR) is 129 cm³/mol. The van der Waals surface area contributed by atoms with Gasteiger partial charge in [-0.3, -0.25) is 9.79 Å². The zero-order valence-electron chi connectivity index (χ0n) is 17.0. The van der Waals surface area contributed by atoms with Gasteiger partial charge in [-0.05, 0) is 36.8 Å². The molecule has 3 N–H and O–H groups in total. The molecule has 2 aromatic carbocycles. The molecule has 3 aromatic rings. The van der Waals surface area contributed by atoms with Gasteiger partial charge in [0.1, 0.15) is 6.26 Å². The highest BCUT2D eigenvalue weighted by Crippen LogP contribution is 2.17. The predicted octanol–water partition coefficient (Wildman–Crippen LogP) is 3.57. The van der Waals surface area contributed by atoms with E-state index in [1.165, 1.54) is 0 Å². The molecule has 30 heavy (non-hydrogen) atoms. The molecule has 3 rings (SSSR count). The Bertz CT molecular complexity index is 972. The summed E-state index contributed by atoms with van der Waals surface area (Å²) < 4.78 is 5.55. The largest absolute Gasteiger partial charge is 0.444 e. The van der Waals surface area contributed by atoms with Gasteiger partial charge in [-0.1, -0.05) is 30.3 Å². The number of carbonyl (C=O) groups is 1. The second-order valence-electron chi connectivity index (χ2n) is 6.35. The minimum atomic E-state index is -0.0721. The summed E-state index contributed by atoms with van der Waals surface area (Å²) in [7, 11) is 1.71. The van der Waals surface area contributed by atoms with Gasteiger partial charge in [0, 0.05) is 31.3 Å². The van der Waals surface area contributed by atoms with Crippen molar-refractivity contribution in [2.75, 3.05) is 13.6 Å². The summed E-state index contributed by atoms with van der Waals surface area (Å²) in [5.41, 5.74) is 3.35. The van der Waals surface area contributed by atoms with E-state index in [1.54, 1.807) is 19.4 Å². The fourth-order valence-corrected chi connectivity index (χ4v) is 2.77. The van der Waals surface area contributed by atoms with Crippen molar-refractivity contribution in [3.8, 4) is 11.5 Å². The van der Waals surface area contributed by atoms with Crippen molar-refractivity contribution in [2.24, 2.45) is 4.99 Å². The topological polar surface area (TPSA) is 91.5 Å². The molecule has 7 nitrogen and oxygen atoms in total. The molecule has 158 valence electrons. The summed E-state index contributed by atoms with van der Waals surface area (Å²) >= 11 is 0. The molecule has 0 fully saturated rings. The second-order valence-corrected chi connectivity index (χ2v) is 6.35. The SMILES string of the molecule is CCNC(=O)c1cccc(CNC(=NC)NCc2coc(-c3ccccc3)n2)c1.I. The van der Waals surface area contributed by atoms with Crippen molar-refractivity contribution in [2.45, 2.75) is 20.0 Å². The fourth-order valence-electron chi connectivity index (χ4n) is 2.77. The first-order valence-corrected chi connectivity index (χ1v) is 9.51. The number of benzene rings is 2. The van der Waals surface area contributed by atoms with Crippen molar-refractivity contribution >= 4 is 35.8 Å². The van der Waals surface area contributed by atoms with Gasteiger partial charge in [-0.15, -0.1) is 24.0 Å². The Labute approximate surface area is 193 Å². The molecule has 0 spiro atoms. The quantitative estimate of drug-likeness (QED) is 0.252. The van der Waals surface area contributed by atoms with Crippen molar-refractivity contribution in [3.63, 3.8) is 0 Å². The van der Waals surface area contributed by atoms with E-state index in [-0.39, 0.29) is 29.9 Å². The van der Waals surface area contributed by atoms with E-state index in [4.69, 9.17) is 4.42 Å². The van der Waals surface area contributed by atoms with E-state index < -0.39 is 0 Å². The van der Waals surface area contributed by atoms with Crippen molar-refractivity contribution in [1.29, 1.82) is 0 Å². The van der Waals surface area contributed by atoms with Crippen LogP contribution in [0.25, 0.3) is 11.5 Å². The van der Waals surface area contributed by atoms with Crippen molar-refractivity contribution < 1.29 is 9.21 Å². The molecule has 0 aliphatic heterocycles. The zero-order chi connectivity index (χ0) is 20.5. The lowest BCUT2D eigenvalue weighted by Gasteiger charge is -2.11. The Balaban J connectivity index is 0.00000320. The van der Waals surface area contributed by atoms with Gasteiger partial charge in [-0.25, -0.2) is 4.98 Å². The molecular weight excluding hydrogens is 493 g/mol. The molecule has 8 heteroatoms. The normalized spacial score (nSPS) is 10.8. The summed E-state index contributed by atoms with van der Waals surface area (Å²) in [6, 6.07) is 17.3. The van der Waals surface area contributed by atoms with Gasteiger partial charge in [0.2, 0.25) is 5.89 Å². The molecule has 0 radical (unpaired) electrons. The molecular formula is C22H26IN5O2. The smallest absolute Gasteiger partial charge is 0.251 e. The Morgan fingerprint density at radius 2 is 1.80 bits per heavy atom. The summed E-state index contributed by atoms with van der Waals surface area (Å²) in [5.74, 6) is 1.15. The number of carbonyl (C=O) groups excluding carboxylic acids is 1. The zero-order valence-corrected chi connectivity index (χ0v) is 19.3. The third-order valence-electron chi connectivity index (χ3n) is 4.22. The molecule has 0 saturated carbocycles. The van der Waals surface area contributed by atoms with Crippen LogP contribution in [0.15, 0.2) is 70.3 Å². The Morgan fingerprint density at radius 3 is 2.53 bits per heavy atom. The van der Waals surface area contributed by atoms with Crippen LogP contribution in [0.3, 0.4) is 0 Å². The number of nitrogens with one attached hydrogen (secondary N) is 3. The number of halogens is 1. The molecule has 1 aromatic heterocycles. The number of aromatic nitrogens is 1. The van der Waals surface area contributed by atoms with Gasteiger partial charge in [0.05, 0.1) is 12.2 Å². The maximum Gasteiger partial charge on any atom is 0.251 e. The number of amides is 1. The van der Waals surface area contributed by atoms with E-state index in [2.05, 4.69) is 25.9 Å². The molecule has 0 bridgehead atoms. The number of aliphatic imine (C=N–C) groups is 1. The first kappa shape index (κ1) is 23.4. The van der Waals surface area contributed by atoms with Crippen LogP contribution in [0.2, 0.25) is 0 Å². The van der Waals surface area contributed by atoms with E-state index in [0.29, 0.717) is 37.0 Å². The molecule has 0 aliphatic carbocycles. The fraction of sp³-hybridized carbons (Fsp3) is 0.227. The van der Waals surface area contributed by atoms with Gasteiger partial charge < -0.3 is 20.4 Å². The van der Waals surface area contributed by atoms with Crippen LogP contribution < -0.4 is 16.0 Å². The van der Waals surface area contributed by atoms with E-state index >= 15 is 0 Å². The molecule has 0 atom stereocenters. The maximum atomic E-state index is 12.0.